The van der Waals surface area contributed by atoms with Crippen LogP contribution in [0.5, 0.6) is 0 Å². The van der Waals surface area contributed by atoms with E-state index in [2.05, 4.69) is 20.3 Å². The zero-order valence-electron chi connectivity index (χ0n) is 12.5. The van der Waals surface area contributed by atoms with Crippen molar-refractivity contribution in [1.82, 2.24) is 10.3 Å². The Hall–Kier alpha value is -1.88. The van der Waals surface area contributed by atoms with Gasteiger partial charge in [0.15, 0.2) is 11.8 Å². The lowest BCUT2D eigenvalue weighted by Gasteiger charge is -2.17. The Morgan fingerprint density at radius 2 is 2.43 bits per heavy atom. The molecule has 11 heteroatoms. The second-order valence-corrected chi connectivity index (χ2v) is 6.79. The van der Waals surface area contributed by atoms with Crippen LogP contribution in [0.3, 0.4) is 0 Å². The number of nitrogens with two attached hydrogens (primary N) is 2. The van der Waals surface area contributed by atoms with Crippen LogP contribution in [0.4, 0.5) is 5.13 Å². The van der Waals surface area contributed by atoms with E-state index < -0.39 is 6.04 Å². The lowest BCUT2D eigenvalue weighted by atomic mass is 10.1. The first kappa shape index (κ1) is 17.5. The summed E-state index contributed by atoms with van der Waals surface area (Å²) < 4.78 is 0. The van der Waals surface area contributed by atoms with Gasteiger partial charge in [-0.2, -0.15) is 16.8 Å². The van der Waals surface area contributed by atoms with E-state index in [0.717, 1.165) is 23.6 Å². The third kappa shape index (κ3) is 5.67. The van der Waals surface area contributed by atoms with Gasteiger partial charge in [-0.25, -0.2) is 4.98 Å². The molecule has 1 aliphatic heterocycles. The molecule has 1 unspecified atom stereocenters. The van der Waals surface area contributed by atoms with E-state index in [-0.39, 0.29) is 10.9 Å². The highest BCUT2D eigenvalue weighted by molar-refractivity contribution is 7.98. The molecule has 5 N–H and O–H groups in total. The molecule has 0 amide bonds. The molecular formula is C12H19N7O2S2. The van der Waals surface area contributed by atoms with Gasteiger partial charge < -0.3 is 16.8 Å². The molecule has 0 bridgehead atoms. The van der Waals surface area contributed by atoms with Crippen LogP contribution in [-0.4, -0.2) is 46.6 Å². The van der Waals surface area contributed by atoms with Gasteiger partial charge in [0.25, 0.3) is 6.04 Å². The zero-order chi connectivity index (χ0) is 16.7. The van der Waals surface area contributed by atoms with Crippen molar-refractivity contribution < 1.29 is 4.92 Å². The van der Waals surface area contributed by atoms with E-state index in [0.29, 0.717) is 30.5 Å². The van der Waals surface area contributed by atoms with E-state index in [1.54, 1.807) is 11.8 Å². The van der Waals surface area contributed by atoms with E-state index in [1.807, 2.05) is 5.38 Å². The van der Waals surface area contributed by atoms with Crippen LogP contribution >= 0.6 is 23.1 Å². The second-order valence-electron chi connectivity index (χ2n) is 4.85. The highest BCUT2D eigenvalue weighted by Crippen LogP contribution is 2.21. The van der Waals surface area contributed by atoms with Crippen molar-refractivity contribution in [3.05, 3.63) is 21.2 Å². The molecule has 23 heavy (non-hydrogen) atoms. The van der Waals surface area contributed by atoms with E-state index in [9.17, 15) is 10.1 Å². The maximum atomic E-state index is 11.0. The molecule has 0 saturated heterocycles. The maximum absolute atomic E-state index is 11.0. The Morgan fingerprint density at radius 1 is 1.61 bits per heavy atom. The minimum absolute atomic E-state index is 0.00338. The standard InChI is InChI=1S/C12H19N7O2S2/c13-11(14)18-12-17-8(7-23-12)6-22-5-4-16-10-9(19(20)21)2-1-3-15-10/h7,9H,1-6H2,(H,15,16)(H4,13,14,17,18). The topological polar surface area (TPSA) is 145 Å². The van der Waals surface area contributed by atoms with Crippen LogP contribution in [0.15, 0.2) is 15.4 Å². The van der Waals surface area contributed by atoms with Crippen molar-refractivity contribution in [3.63, 3.8) is 0 Å². The first-order valence-electron chi connectivity index (χ1n) is 7.09. The summed E-state index contributed by atoms with van der Waals surface area (Å²) in [6, 6.07) is -0.686. The average Bonchev–Trinajstić information content (AvgIpc) is 2.93. The molecule has 0 aliphatic carbocycles. The number of thioether (sulfide) groups is 1. The number of nitro groups is 1. The van der Waals surface area contributed by atoms with Crippen LogP contribution in [0.1, 0.15) is 18.5 Å². The first-order valence-corrected chi connectivity index (χ1v) is 9.13. The number of rotatable bonds is 7. The van der Waals surface area contributed by atoms with E-state index in [4.69, 9.17) is 11.5 Å². The summed E-state index contributed by atoms with van der Waals surface area (Å²) in [4.78, 5) is 23.1. The number of aromatic nitrogens is 1. The van der Waals surface area contributed by atoms with Crippen molar-refractivity contribution in [2.45, 2.75) is 24.6 Å². The summed E-state index contributed by atoms with van der Waals surface area (Å²) in [6.45, 7) is 1.30. The zero-order valence-corrected chi connectivity index (χ0v) is 14.1. The Bertz CT molecular complexity index is 598. The predicted octanol–water partition coefficient (Wildman–Crippen LogP) is 0.708. The molecule has 0 aromatic carbocycles. The van der Waals surface area contributed by atoms with Crippen LogP contribution < -0.4 is 16.8 Å². The van der Waals surface area contributed by atoms with Crippen molar-refractivity contribution in [3.8, 4) is 0 Å². The summed E-state index contributed by atoms with van der Waals surface area (Å²) in [5.41, 5.74) is 11.5. The molecule has 1 aromatic heterocycles. The second kappa shape index (κ2) is 8.67. The van der Waals surface area contributed by atoms with Gasteiger partial charge in [-0.05, 0) is 6.42 Å². The number of amidine groups is 1. The average molecular weight is 357 g/mol. The summed E-state index contributed by atoms with van der Waals surface area (Å²) in [5.74, 6) is 2.05. The van der Waals surface area contributed by atoms with Crippen molar-refractivity contribution in [1.29, 1.82) is 0 Å². The largest absolute Gasteiger partial charge is 0.370 e. The quantitative estimate of drug-likeness (QED) is 0.214. The van der Waals surface area contributed by atoms with E-state index in [1.165, 1.54) is 11.3 Å². The fourth-order valence-electron chi connectivity index (χ4n) is 2.06. The summed E-state index contributed by atoms with van der Waals surface area (Å²) >= 11 is 3.07. The maximum Gasteiger partial charge on any atom is 0.269 e. The molecule has 1 atom stereocenters. The van der Waals surface area contributed by atoms with Gasteiger partial charge in [-0.3, -0.25) is 15.1 Å². The van der Waals surface area contributed by atoms with Crippen LogP contribution in [0, 0.1) is 10.1 Å². The Kier molecular flexibility index (Phi) is 6.59. The van der Waals surface area contributed by atoms with Crippen molar-refractivity contribution in [2.24, 2.45) is 21.5 Å². The summed E-state index contributed by atoms with van der Waals surface area (Å²) in [5, 5.41) is 16.5. The van der Waals surface area contributed by atoms with Crippen molar-refractivity contribution >= 4 is 40.0 Å². The lowest BCUT2D eigenvalue weighted by molar-refractivity contribution is -0.504. The normalized spacial score (nSPS) is 17.4. The van der Waals surface area contributed by atoms with Gasteiger partial charge >= 0.3 is 0 Å². The highest BCUT2D eigenvalue weighted by Gasteiger charge is 2.28. The molecule has 0 saturated carbocycles. The fraction of sp³-hybridized carbons (Fsp3) is 0.583. The molecule has 0 fully saturated rings. The lowest BCUT2D eigenvalue weighted by Crippen LogP contribution is -2.42. The third-order valence-electron chi connectivity index (χ3n) is 3.05. The molecule has 1 aliphatic rings. The SMILES string of the molecule is NC(N)=Nc1nc(CSCCNC2=NCCCC2[N+](=O)[O-])cs1. The highest BCUT2D eigenvalue weighted by atomic mass is 32.2. The van der Waals surface area contributed by atoms with Crippen LogP contribution in [0.25, 0.3) is 0 Å². The Balaban J connectivity index is 1.69. The van der Waals surface area contributed by atoms with Gasteiger partial charge in [-0.15, -0.1) is 11.3 Å². The van der Waals surface area contributed by atoms with Crippen LogP contribution in [-0.2, 0) is 5.75 Å². The number of guanidine groups is 1. The number of hydrogen-bond acceptors (Lipinski definition) is 8. The number of aliphatic imine (C=N–C) groups is 2. The predicted molar refractivity (Wildman–Crippen MR) is 94.1 cm³/mol. The molecule has 0 spiro atoms. The van der Waals surface area contributed by atoms with Gasteiger partial charge in [0, 0.05) is 41.3 Å². The number of hydrogen-bond donors (Lipinski definition) is 3. The Labute approximate surface area is 141 Å². The van der Waals surface area contributed by atoms with Gasteiger partial charge in [-0.1, -0.05) is 0 Å². The monoisotopic (exact) mass is 357 g/mol. The number of thiazole rings is 1. The van der Waals surface area contributed by atoms with Gasteiger partial charge in [0.2, 0.25) is 5.13 Å². The molecule has 126 valence electrons. The van der Waals surface area contributed by atoms with Gasteiger partial charge in [0.1, 0.15) is 0 Å². The fourth-order valence-corrected chi connectivity index (χ4v) is 3.62. The smallest absolute Gasteiger partial charge is 0.269 e. The number of nitrogens with one attached hydrogen (secondary N) is 1. The minimum Gasteiger partial charge on any atom is -0.370 e. The summed E-state index contributed by atoms with van der Waals surface area (Å²) in [7, 11) is 0. The minimum atomic E-state index is -0.686. The molecule has 9 nitrogen and oxygen atoms in total. The third-order valence-corrected chi connectivity index (χ3v) is 4.83. The molecular weight excluding hydrogens is 338 g/mol. The van der Waals surface area contributed by atoms with Crippen molar-refractivity contribution in [2.75, 3.05) is 18.8 Å². The number of nitrogens with zero attached hydrogens (tertiary/aromatic N) is 4. The first-order chi connectivity index (χ1) is 11.1. The van der Waals surface area contributed by atoms with Gasteiger partial charge in [0.05, 0.1) is 5.69 Å². The summed E-state index contributed by atoms with van der Waals surface area (Å²) in [6.07, 6.45) is 1.33. The Morgan fingerprint density at radius 3 is 3.17 bits per heavy atom. The molecule has 2 heterocycles. The van der Waals surface area contributed by atoms with Crippen LogP contribution in [0.2, 0.25) is 0 Å². The molecule has 2 rings (SSSR count). The molecule has 1 aromatic rings. The molecule has 0 radical (unpaired) electrons. The van der Waals surface area contributed by atoms with E-state index >= 15 is 0 Å².